The molecule has 3 amide bonds. The quantitative estimate of drug-likeness (QED) is 0.318. The van der Waals surface area contributed by atoms with E-state index in [2.05, 4.69) is 5.32 Å². The third-order valence-electron chi connectivity index (χ3n) is 8.72. The third-order valence-corrected chi connectivity index (χ3v) is 11.2. The van der Waals surface area contributed by atoms with Crippen LogP contribution in [-0.4, -0.2) is 67.1 Å². The van der Waals surface area contributed by atoms with Crippen molar-refractivity contribution in [1.29, 1.82) is 0 Å². The predicted molar refractivity (Wildman–Crippen MR) is 167 cm³/mol. The van der Waals surface area contributed by atoms with Crippen LogP contribution in [0, 0.1) is 5.92 Å². The molecule has 4 atom stereocenters. The molecule has 2 aliphatic rings. The summed E-state index contributed by atoms with van der Waals surface area (Å²) >= 11 is 0. The van der Waals surface area contributed by atoms with Gasteiger partial charge in [0, 0.05) is 48.4 Å². The summed E-state index contributed by atoms with van der Waals surface area (Å²) in [5.41, 5.74) is 1.35. The van der Waals surface area contributed by atoms with Crippen molar-refractivity contribution in [3.8, 4) is 0 Å². The molecule has 3 aromatic carbocycles. The van der Waals surface area contributed by atoms with E-state index in [4.69, 9.17) is 4.74 Å². The van der Waals surface area contributed by atoms with Crippen LogP contribution in [-0.2, 0) is 26.5 Å². The van der Waals surface area contributed by atoms with E-state index in [1.807, 2.05) is 56.4 Å². The first-order valence-corrected chi connectivity index (χ1v) is 17.6. The van der Waals surface area contributed by atoms with Crippen LogP contribution in [0.25, 0.3) is 0 Å². The zero-order chi connectivity index (χ0) is 30.9. The van der Waals surface area contributed by atoms with E-state index in [1.54, 1.807) is 59.3 Å². The zero-order valence-corrected chi connectivity index (χ0v) is 26.0. The van der Waals surface area contributed by atoms with Gasteiger partial charge in [0.05, 0.1) is 24.8 Å². The van der Waals surface area contributed by atoms with Gasteiger partial charge < -0.3 is 29.8 Å². The Morgan fingerprint density at radius 2 is 1.70 bits per heavy atom. The number of benzene rings is 3. The fourth-order valence-corrected chi connectivity index (χ4v) is 9.33. The van der Waals surface area contributed by atoms with E-state index in [9.17, 15) is 24.3 Å². The SMILES string of the molecule is C[C@@H]1[C@@H]([Si](C)(C)O)[C@H](CC(=O)N(CCO)Cc2ccccc2)O[C@@]12C(=O)N(C)c1ccc(NC(=O)c3ccccc3)cc12. The van der Waals surface area contributed by atoms with Gasteiger partial charge in [-0.3, -0.25) is 14.4 Å². The Labute approximate surface area is 253 Å². The van der Waals surface area contributed by atoms with Crippen molar-refractivity contribution in [2.24, 2.45) is 5.92 Å². The van der Waals surface area contributed by atoms with Gasteiger partial charge in [0.2, 0.25) is 5.91 Å². The highest BCUT2D eigenvalue weighted by molar-refractivity contribution is 6.71. The Morgan fingerprint density at radius 3 is 2.33 bits per heavy atom. The normalized spacial score (nSPS) is 23.0. The minimum atomic E-state index is -2.98. The number of likely N-dealkylation sites (N-methyl/N-ethyl adjacent to an activating group) is 1. The van der Waals surface area contributed by atoms with Crippen LogP contribution in [0.3, 0.4) is 0 Å². The number of anilines is 2. The second kappa shape index (κ2) is 12.0. The lowest BCUT2D eigenvalue weighted by Crippen LogP contribution is -2.45. The number of rotatable bonds is 9. The van der Waals surface area contributed by atoms with Gasteiger partial charge in [-0.1, -0.05) is 55.5 Å². The largest absolute Gasteiger partial charge is 0.432 e. The van der Waals surface area contributed by atoms with Crippen molar-refractivity contribution in [2.75, 3.05) is 30.4 Å². The number of hydrogen-bond donors (Lipinski definition) is 3. The van der Waals surface area contributed by atoms with Gasteiger partial charge >= 0.3 is 0 Å². The van der Waals surface area contributed by atoms with Crippen molar-refractivity contribution in [3.63, 3.8) is 0 Å². The minimum absolute atomic E-state index is 0.0443. The van der Waals surface area contributed by atoms with Gasteiger partial charge in [-0.2, -0.15) is 0 Å². The molecule has 0 bridgehead atoms. The molecular weight excluding hydrogens is 562 g/mol. The number of carbonyl (C=O) groups excluding carboxylic acids is 3. The third kappa shape index (κ3) is 5.75. The molecule has 2 aliphatic heterocycles. The van der Waals surface area contributed by atoms with E-state index < -0.39 is 31.5 Å². The Morgan fingerprint density at radius 1 is 1.05 bits per heavy atom. The Kier molecular flexibility index (Phi) is 8.58. The molecule has 0 aromatic heterocycles. The summed E-state index contributed by atoms with van der Waals surface area (Å²) in [7, 11) is -1.29. The van der Waals surface area contributed by atoms with E-state index >= 15 is 0 Å². The van der Waals surface area contributed by atoms with Crippen molar-refractivity contribution in [1.82, 2.24) is 4.90 Å². The van der Waals surface area contributed by atoms with Gasteiger partial charge in [-0.25, -0.2) is 0 Å². The topological polar surface area (TPSA) is 119 Å². The second-order valence-electron chi connectivity index (χ2n) is 12.0. The minimum Gasteiger partial charge on any atom is -0.432 e. The number of nitrogens with zero attached hydrogens (tertiary/aromatic N) is 2. The molecule has 0 radical (unpaired) electrons. The molecule has 1 saturated heterocycles. The monoisotopic (exact) mass is 601 g/mol. The van der Waals surface area contributed by atoms with Crippen LogP contribution in [0.15, 0.2) is 78.9 Å². The summed E-state index contributed by atoms with van der Waals surface area (Å²) in [6, 6.07) is 23.7. The number of aliphatic hydroxyl groups is 1. The summed E-state index contributed by atoms with van der Waals surface area (Å²) in [4.78, 5) is 55.3. The molecule has 3 N–H and O–H groups in total. The van der Waals surface area contributed by atoms with Crippen LogP contribution < -0.4 is 10.2 Å². The molecule has 3 aromatic rings. The van der Waals surface area contributed by atoms with Crippen LogP contribution in [0.5, 0.6) is 0 Å². The molecular formula is C33H39N3O6Si. The van der Waals surface area contributed by atoms with Crippen LogP contribution in [0.4, 0.5) is 11.4 Å². The Bertz CT molecular complexity index is 1500. The summed E-state index contributed by atoms with van der Waals surface area (Å²) in [5, 5.41) is 12.6. The molecule has 1 fully saturated rings. The fraction of sp³-hybridized carbons (Fsp3) is 0.364. The molecule has 226 valence electrons. The molecule has 5 rings (SSSR count). The molecule has 0 unspecified atom stereocenters. The van der Waals surface area contributed by atoms with Crippen LogP contribution in [0.2, 0.25) is 18.6 Å². The van der Waals surface area contributed by atoms with Gasteiger partial charge in [-0.15, -0.1) is 0 Å². The first kappa shape index (κ1) is 30.6. The van der Waals surface area contributed by atoms with Gasteiger partial charge in [0.1, 0.15) is 0 Å². The van der Waals surface area contributed by atoms with E-state index in [-0.39, 0.29) is 37.3 Å². The molecule has 0 saturated carbocycles. The number of hydrogen-bond acceptors (Lipinski definition) is 6. The number of amides is 3. The first-order valence-electron chi connectivity index (χ1n) is 14.6. The first-order chi connectivity index (χ1) is 20.5. The number of ether oxygens (including phenoxy) is 1. The van der Waals surface area contributed by atoms with Gasteiger partial charge in [-0.05, 0) is 49.0 Å². The lowest BCUT2D eigenvalue weighted by molar-refractivity contribution is -0.149. The lowest BCUT2D eigenvalue weighted by Gasteiger charge is -2.32. The van der Waals surface area contributed by atoms with Crippen molar-refractivity contribution in [3.05, 3.63) is 95.6 Å². The highest BCUT2D eigenvalue weighted by Gasteiger charge is 2.66. The van der Waals surface area contributed by atoms with Crippen molar-refractivity contribution < 1.29 is 29.0 Å². The van der Waals surface area contributed by atoms with Crippen LogP contribution >= 0.6 is 0 Å². The van der Waals surface area contributed by atoms with E-state index in [0.29, 0.717) is 29.0 Å². The highest BCUT2D eigenvalue weighted by Crippen LogP contribution is 2.59. The summed E-state index contributed by atoms with van der Waals surface area (Å²) in [5.74, 6) is -1.22. The fourth-order valence-electron chi connectivity index (χ4n) is 6.77. The van der Waals surface area contributed by atoms with Crippen LogP contribution in [0.1, 0.15) is 34.8 Å². The average molecular weight is 602 g/mol. The molecule has 0 aliphatic carbocycles. The maximum atomic E-state index is 14.1. The Hall–Kier alpha value is -3.83. The Balaban J connectivity index is 1.47. The molecule has 2 heterocycles. The number of nitrogens with one attached hydrogen (secondary N) is 1. The summed E-state index contributed by atoms with van der Waals surface area (Å²) in [6.45, 7) is 5.82. The molecule has 10 heteroatoms. The van der Waals surface area contributed by atoms with Gasteiger partial charge in [0.15, 0.2) is 13.9 Å². The smallest absolute Gasteiger partial charge is 0.264 e. The van der Waals surface area contributed by atoms with E-state index in [1.165, 1.54) is 0 Å². The highest BCUT2D eigenvalue weighted by atomic mass is 28.4. The molecule has 9 nitrogen and oxygen atoms in total. The van der Waals surface area contributed by atoms with Crippen molar-refractivity contribution >= 4 is 37.4 Å². The maximum Gasteiger partial charge on any atom is 0.264 e. The summed E-state index contributed by atoms with van der Waals surface area (Å²) in [6.07, 6.45) is -0.769. The molecule has 43 heavy (non-hydrogen) atoms. The standard InChI is InChI=1S/C33H39N3O6Si/c1-22-30(43(3,4)41)28(20-29(38)36(17-18-37)21-23-11-7-5-8-12-23)42-33(22)26-19-25(15-16-27(26)35(2)32(33)40)34-31(39)24-13-9-6-10-14-24/h5-16,19,22,28,30,37,41H,17-18,20-21H2,1-4H3,(H,34,39)/t22-,28+,30-,33+/m1/s1. The number of carbonyl (C=O) groups is 3. The van der Waals surface area contributed by atoms with E-state index in [0.717, 1.165) is 5.56 Å². The van der Waals surface area contributed by atoms with Crippen molar-refractivity contribution in [2.45, 2.75) is 50.2 Å². The second-order valence-corrected chi connectivity index (χ2v) is 16.0. The number of fused-ring (bicyclic) bond motifs is 2. The summed E-state index contributed by atoms with van der Waals surface area (Å²) < 4.78 is 6.73. The average Bonchev–Trinajstić information content (AvgIpc) is 3.39. The maximum absolute atomic E-state index is 14.1. The zero-order valence-electron chi connectivity index (χ0n) is 25.0. The lowest BCUT2D eigenvalue weighted by atomic mass is 9.82. The molecule has 1 spiro atoms. The number of aliphatic hydroxyl groups excluding tert-OH is 1. The van der Waals surface area contributed by atoms with Gasteiger partial charge in [0.25, 0.3) is 11.8 Å². The predicted octanol–water partition coefficient (Wildman–Crippen LogP) is 4.12.